The van der Waals surface area contributed by atoms with Crippen molar-refractivity contribution in [1.82, 2.24) is 5.32 Å². The van der Waals surface area contributed by atoms with Gasteiger partial charge in [-0.25, -0.2) is 0 Å². The van der Waals surface area contributed by atoms with Gasteiger partial charge in [0.1, 0.15) is 0 Å². The zero-order valence-corrected chi connectivity index (χ0v) is 11.5. The van der Waals surface area contributed by atoms with Gasteiger partial charge in [-0.3, -0.25) is 0 Å². The molecule has 0 bridgehead atoms. The molecule has 2 N–H and O–H groups in total. The summed E-state index contributed by atoms with van der Waals surface area (Å²) in [5.74, 6) is 0. The minimum Gasteiger partial charge on any atom is -0.389 e. The molecule has 0 radical (unpaired) electrons. The van der Waals surface area contributed by atoms with Crippen LogP contribution < -0.4 is 5.32 Å². The maximum absolute atomic E-state index is 10.4. The van der Waals surface area contributed by atoms with E-state index in [1.54, 1.807) is 7.11 Å². The molecular formula is C13H29NO2. The number of ether oxygens (including phenoxy) is 1. The van der Waals surface area contributed by atoms with Crippen LogP contribution in [0.25, 0.3) is 0 Å². The monoisotopic (exact) mass is 231 g/mol. The molecule has 0 fully saturated rings. The molecule has 0 aromatic carbocycles. The first-order valence-electron chi connectivity index (χ1n) is 6.47. The van der Waals surface area contributed by atoms with Gasteiger partial charge in [0.2, 0.25) is 0 Å². The Kier molecular flexibility index (Phi) is 7.98. The van der Waals surface area contributed by atoms with E-state index in [1.807, 2.05) is 6.92 Å². The third-order valence-corrected chi connectivity index (χ3v) is 3.26. The maximum Gasteiger partial charge on any atom is 0.0771 e. The van der Waals surface area contributed by atoms with Gasteiger partial charge in [-0.05, 0) is 26.7 Å². The quantitative estimate of drug-likeness (QED) is 0.640. The Morgan fingerprint density at radius 2 is 1.69 bits per heavy atom. The largest absolute Gasteiger partial charge is 0.389 e. The summed E-state index contributed by atoms with van der Waals surface area (Å²) < 4.78 is 5.25. The number of aliphatic hydroxyl groups is 1. The second-order valence-electron chi connectivity index (χ2n) is 4.83. The Labute approximate surface area is 101 Å². The first-order valence-corrected chi connectivity index (χ1v) is 6.47. The highest BCUT2D eigenvalue weighted by molar-refractivity contribution is 4.82. The van der Waals surface area contributed by atoms with Crippen molar-refractivity contribution in [2.75, 3.05) is 13.7 Å². The molecule has 2 unspecified atom stereocenters. The molecule has 0 spiro atoms. The lowest BCUT2D eigenvalue weighted by atomic mass is 9.92. The van der Waals surface area contributed by atoms with Crippen molar-refractivity contribution >= 4 is 0 Å². The van der Waals surface area contributed by atoms with Gasteiger partial charge in [0.25, 0.3) is 0 Å². The Morgan fingerprint density at radius 3 is 2.06 bits per heavy atom. The minimum atomic E-state index is -0.550. The van der Waals surface area contributed by atoms with Gasteiger partial charge in [-0.2, -0.15) is 0 Å². The van der Waals surface area contributed by atoms with Gasteiger partial charge in [-0.1, -0.05) is 26.7 Å². The molecule has 0 heterocycles. The summed E-state index contributed by atoms with van der Waals surface area (Å²) >= 11 is 0. The number of nitrogens with one attached hydrogen (secondary N) is 1. The van der Waals surface area contributed by atoms with Crippen LogP contribution in [0.1, 0.15) is 53.4 Å². The predicted octanol–water partition coefficient (Wildman–Crippen LogP) is 2.33. The highest BCUT2D eigenvalue weighted by atomic mass is 16.5. The van der Waals surface area contributed by atoms with Crippen LogP contribution >= 0.6 is 0 Å². The SMILES string of the molecule is CCCC(O)(CCC)CNC(C)C(C)OC. The molecule has 3 heteroatoms. The number of hydrogen-bond donors (Lipinski definition) is 2. The van der Waals surface area contributed by atoms with Crippen molar-refractivity contribution in [2.45, 2.75) is 71.1 Å². The Balaban J connectivity index is 4.10. The zero-order valence-electron chi connectivity index (χ0n) is 11.5. The number of methoxy groups -OCH3 is 1. The zero-order chi connectivity index (χ0) is 12.6. The third-order valence-electron chi connectivity index (χ3n) is 3.26. The van der Waals surface area contributed by atoms with E-state index < -0.39 is 5.60 Å². The molecule has 0 aliphatic heterocycles. The first kappa shape index (κ1) is 15.9. The first-order chi connectivity index (χ1) is 7.49. The molecule has 0 aromatic rings. The minimum absolute atomic E-state index is 0.174. The number of hydrogen-bond acceptors (Lipinski definition) is 3. The molecular weight excluding hydrogens is 202 g/mol. The molecule has 0 rings (SSSR count). The molecule has 0 amide bonds. The summed E-state index contributed by atoms with van der Waals surface area (Å²) in [6, 6.07) is 0.269. The van der Waals surface area contributed by atoms with Gasteiger partial charge < -0.3 is 15.2 Å². The fourth-order valence-electron chi connectivity index (χ4n) is 1.95. The van der Waals surface area contributed by atoms with Gasteiger partial charge >= 0.3 is 0 Å². The van der Waals surface area contributed by atoms with Crippen molar-refractivity contribution in [3.05, 3.63) is 0 Å². The van der Waals surface area contributed by atoms with E-state index in [-0.39, 0.29) is 12.1 Å². The summed E-state index contributed by atoms with van der Waals surface area (Å²) in [5.41, 5.74) is -0.550. The van der Waals surface area contributed by atoms with Crippen molar-refractivity contribution in [2.24, 2.45) is 0 Å². The topological polar surface area (TPSA) is 41.5 Å². The molecule has 16 heavy (non-hydrogen) atoms. The van der Waals surface area contributed by atoms with Crippen LogP contribution in [0.3, 0.4) is 0 Å². The van der Waals surface area contributed by atoms with Gasteiger partial charge in [0, 0.05) is 19.7 Å². The molecule has 0 aliphatic carbocycles. The van der Waals surface area contributed by atoms with Crippen LogP contribution in [0, 0.1) is 0 Å². The summed E-state index contributed by atoms with van der Waals surface area (Å²) in [6.07, 6.45) is 3.94. The predicted molar refractivity (Wildman–Crippen MR) is 68.7 cm³/mol. The molecule has 3 nitrogen and oxygen atoms in total. The van der Waals surface area contributed by atoms with Crippen molar-refractivity contribution < 1.29 is 9.84 Å². The van der Waals surface area contributed by atoms with E-state index in [1.165, 1.54) is 0 Å². The lowest BCUT2D eigenvalue weighted by Gasteiger charge is -2.31. The smallest absolute Gasteiger partial charge is 0.0771 e. The summed E-state index contributed by atoms with van der Waals surface area (Å²) in [4.78, 5) is 0. The Bertz CT molecular complexity index is 167. The van der Waals surface area contributed by atoms with E-state index >= 15 is 0 Å². The van der Waals surface area contributed by atoms with Crippen LogP contribution in [-0.4, -0.2) is 36.5 Å². The maximum atomic E-state index is 10.4. The average Bonchev–Trinajstić information content (AvgIpc) is 2.25. The van der Waals surface area contributed by atoms with Crippen LogP contribution in [0.2, 0.25) is 0 Å². The molecule has 0 saturated carbocycles. The average molecular weight is 231 g/mol. The molecule has 0 aliphatic rings. The second-order valence-corrected chi connectivity index (χ2v) is 4.83. The van der Waals surface area contributed by atoms with Gasteiger partial charge in [0.05, 0.1) is 11.7 Å². The molecule has 2 atom stereocenters. The highest BCUT2D eigenvalue weighted by Crippen LogP contribution is 2.18. The Hall–Kier alpha value is -0.120. The summed E-state index contributed by atoms with van der Waals surface area (Å²) in [7, 11) is 1.72. The van der Waals surface area contributed by atoms with Crippen LogP contribution in [0.4, 0.5) is 0 Å². The van der Waals surface area contributed by atoms with E-state index in [0.29, 0.717) is 6.54 Å². The van der Waals surface area contributed by atoms with Gasteiger partial charge in [-0.15, -0.1) is 0 Å². The van der Waals surface area contributed by atoms with Gasteiger partial charge in [0.15, 0.2) is 0 Å². The third kappa shape index (κ3) is 5.83. The summed E-state index contributed by atoms with van der Waals surface area (Å²) in [5, 5.41) is 13.8. The van der Waals surface area contributed by atoms with E-state index in [0.717, 1.165) is 25.7 Å². The van der Waals surface area contributed by atoms with E-state index in [2.05, 4.69) is 26.1 Å². The van der Waals surface area contributed by atoms with E-state index in [9.17, 15) is 5.11 Å². The lowest BCUT2D eigenvalue weighted by molar-refractivity contribution is 0.0112. The van der Waals surface area contributed by atoms with Crippen LogP contribution in [-0.2, 0) is 4.74 Å². The van der Waals surface area contributed by atoms with Crippen LogP contribution in [0.15, 0.2) is 0 Å². The highest BCUT2D eigenvalue weighted by Gasteiger charge is 2.25. The van der Waals surface area contributed by atoms with Crippen molar-refractivity contribution in [3.63, 3.8) is 0 Å². The lowest BCUT2D eigenvalue weighted by Crippen LogP contribution is -2.47. The molecule has 0 aromatic heterocycles. The second kappa shape index (κ2) is 8.04. The fraction of sp³-hybridized carbons (Fsp3) is 1.00. The van der Waals surface area contributed by atoms with E-state index in [4.69, 9.17) is 4.74 Å². The molecule has 0 saturated heterocycles. The van der Waals surface area contributed by atoms with Crippen molar-refractivity contribution in [1.29, 1.82) is 0 Å². The van der Waals surface area contributed by atoms with Crippen LogP contribution in [0.5, 0.6) is 0 Å². The normalized spacial score (nSPS) is 16.1. The summed E-state index contributed by atoms with van der Waals surface area (Å²) in [6.45, 7) is 9.01. The fourth-order valence-corrected chi connectivity index (χ4v) is 1.95. The standard InChI is InChI=1S/C13H29NO2/c1-6-8-13(15,9-7-2)10-14-11(3)12(4)16-5/h11-12,14-15H,6-10H2,1-5H3. The number of rotatable bonds is 9. The van der Waals surface area contributed by atoms with Crippen molar-refractivity contribution in [3.8, 4) is 0 Å². The molecule has 98 valence electrons. The Morgan fingerprint density at radius 1 is 1.19 bits per heavy atom.